The molecule has 15 heteroatoms. The van der Waals surface area contributed by atoms with E-state index in [1.807, 2.05) is 0 Å². The Morgan fingerprint density at radius 1 is 0.812 bits per heavy atom. The lowest BCUT2D eigenvalue weighted by Gasteiger charge is -2.24. The van der Waals surface area contributed by atoms with Crippen LogP contribution in [0.25, 0.3) is 0 Å². The number of rotatable bonds is 16. The molecule has 0 bridgehead atoms. The monoisotopic (exact) mass is 480 g/mol. The van der Waals surface area contributed by atoms with Crippen LogP contribution in [0.3, 0.4) is 0 Å². The molecule has 3 amide bonds. The minimum Gasteiger partial charge on any atom is -0.481 e. The maximum absolute atomic E-state index is 12.6. The van der Waals surface area contributed by atoms with Gasteiger partial charge in [0.25, 0.3) is 0 Å². The van der Waals surface area contributed by atoms with Gasteiger partial charge in [-0.05, 0) is 24.9 Å². The Balaban J connectivity index is 5.49. The molecule has 0 aromatic carbocycles. The first-order chi connectivity index (χ1) is 14.9. The Bertz CT molecular complexity index is 705. The number of aliphatic hydroxyl groups is 1. The second-order valence-corrected chi connectivity index (χ2v) is 7.61. The number of aliphatic carboxylic acids is 3. The summed E-state index contributed by atoms with van der Waals surface area (Å²) >= 11 is 1.33. The molecular formula is C17H28N4O10S. The molecule has 4 atom stereocenters. The van der Waals surface area contributed by atoms with Gasteiger partial charge in [0.05, 0.1) is 13.0 Å². The molecule has 0 aromatic heterocycles. The topological polar surface area (TPSA) is 245 Å². The van der Waals surface area contributed by atoms with Crippen LogP contribution in [-0.4, -0.2) is 98.8 Å². The molecule has 0 radical (unpaired) electrons. The SMILES string of the molecule is CSCCC(NC(=O)C(CC(=O)O)NC(=O)C(CCC(=O)O)NC(=O)C(N)CO)C(=O)O. The van der Waals surface area contributed by atoms with Crippen LogP contribution in [0.2, 0.25) is 0 Å². The summed E-state index contributed by atoms with van der Waals surface area (Å²) in [5.41, 5.74) is 5.35. The van der Waals surface area contributed by atoms with Gasteiger partial charge in [0.1, 0.15) is 24.2 Å². The average molecular weight is 480 g/mol. The van der Waals surface area contributed by atoms with E-state index >= 15 is 0 Å². The van der Waals surface area contributed by atoms with E-state index in [4.69, 9.17) is 21.1 Å². The number of aliphatic hydroxyl groups excluding tert-OH is 1. The fraction of sp³-hybridized carbons (Fsp3) is 0.647. The number of amides is 3. The van der Waals surface area contributed by atoms with Gasteiger partial charge in [-0.1, -0.05) is 0 Å². The zero-order valence-corrected chi connectivity index (χ0v) is 18.1. The van der Waals surface area contributed by atoms with Crippen molar-refractivity contribution in [1.82, 2.24) is 16.0 Å². The molecule has 182 valence electrons. The highest BCUT2D eigenvalue weighted by atomic mass is 32.2. The van der Waals surface area contributed by atoms with Crippen molar-refractivity contribution >= 4 is 47.4 Å². The Labute approximate surface area is 187 Å². The molecule has 0 saturated heterocycles. The van der Waals surface area contributed by atoms with E-state index in [9.17, 15) is 33.9 Å². The number of nitrogens with two attached hydrogens (primary N) is 1. The Hall–Kier alpha value is -2.91. The van der Waals surface area contributed by atoms with E-state index in [0.717, 1.165) is 0 Å². The molecule has 4 unspecified atom stereocenters. The quantitative estimate of drug-likeness (QED) is 0.110. The van der Waals surface area contributed by atoms with E-state index < -0.39 is 85.7 Å². The summed E-state index contributed by atoms with van der Waals surface area (Å²) in [4.78, 5) is 70.2. The van der Waals surface area contributed by atoms with Crippen molar-refractivity contribution in [2.24, 2.45) is 5.73 Å². The molecule has 9 N–H and O–H groups in total. The van der Waals surface area contributed by atoms with Gasteiger partial charge in [-0.2, -0.15) is 11.8 Å². The predicted octanol–water partition coefficient (Wildman–Crippen LogP) is -3.06. The lowest BCUT2D eigenvalue weighted by molar-refractivity contribution is -0.143. The number of hydrogen-bond donors (Lipinski definition) is 8. The van der Waals surface area contributed by atoms with Gasteiger partial charge in [0.2, 0.25) is 17.7 Å². The summed E-state index contributed by atoms with van der Waals surface area (Å²) in [5, 5.41) is 42.4. The smallest absolute Gasteiger partial charge is 0.326 e. The average Bonchev–Trinajstić information content (AvgIpc) is 2.71. The lowest BCUT2D eigenvalue weighted by atomic mass is 10.1. The van der Waals surface area contributed by atoms with Crippen LogP contribution < -0.4 is 21.7 Å². The number of carbonyl (C=O) groups is 6. The molecule has 0 heterocycles. The summed E-state index contributed by atoms with van der Waals surface area (Å²) < 4.78 is 0. The normalized spacial score (nSPS) is 14.3. The van der Waals surface area contributed by atoms with Crippen LogP contribution in [0.4, 0.5) is 0 Å². The number of carboxylic acid groups (broad SMARTS) is 3. The summed E-state index contributed by atoms with van der Waals surface area (Å²) in [6, 6.07) is -5.94. The third kappa shape index (κ3) is 11.5. The van der Waals surface area contributed by atoms with Crippen LogP contribution in [0.15, 0.2) is 0 Å². The Morgan fingerprint density at radius 2 is 1.34 bits per heavy atom. The van der Waals surface area contributed by atoms with Crippen molar-refractivity contribution in [1.29, 1.82) is 0 Å². The molecule has 0 aromatic rings. The van der Waals surface area contributed by atoms with Gasteiger partial charge in [-0.15, -0.1) is 0 Å². The van der Waals surface area contributed by atoms with Crippen molar-refractivity contribution < 1.29 is 49.2 Å². The van der Waals surface area contributed by atoms with E-state index in [0.29, 0.717) is 5.75 Å². The first-order valence-corrected chi connectivity index (χ1v) is 10.7. The largest absolute Gasteiger partial charge is 0.481 e. The van der Waals surface area contributed by atoms with Crippen molar-refractivity contribution in [2.75, 3.05) is 18.6 Å². The summed E-state index contributed by atoms with van der Waals surface area (Å²) in [7, 11) is 0. The minimum atomic E-state index is -1.70. The maximum atomic E-state index is 12.6. The number of carbonyl (C=O) groups excluding carboxylic acids is 3. The van der Waals surface area contributed by atoms with E-state index in [2.05, 4.69) is 16.0 Å². The van der Waals surface area contributed by atoms with Gasteiger partial charge < -0.3 is 42.1 Å². The van der Waals surface area contributed by atoms with Crippen molar-refractivity contribution in [3.63, 3.8) is 0 Å². The number of carboxylic acids is 3. The fourth-order valence-electron chi connectivity index (χ4n) is 2.32. The molecule has 0 saturated carbocycles. The van der Waals surface area contributed by atoms with Crippen LogP contribution in [-0.2, 0) is 28.8 Å². The molecule has 0 aliphatic rings. The van der Waals surface area contributed by atoms with Gasteiger partial charge >= 0.3 is 17.9 Å². The summed E-state index contributed by atoms with van der Waals surface area (Å²) in [6.45, 7) is -0.754. The zero-order chi connectivity index (χ0) is 24.8. The third-order valence-corrected chi connectivity index (χ3v) is 4.69. The first kappa shape index (κ1) is 29.1. The molecule has 32 heavy (non-hydrogen) atoms. The standard InChI is InChI=1S/C17H28N4O10S/c1-32-5-4-10(17(30)31)20-16(29)11(6-13(25)26)21-15(28)9(2-3-12(23)24)19-14(27)8(18)7-22/h8-11,22H,2-7,18H2,1H3,(H,19,27)(H,20,29)(H,21,28)(H,23,24)(H,25,26)(H,30,31). The number of thioether (sulfide) groups is 1. The first-order valence-electron chi connectivity index (χ1n) is 9.35. The molecule has 14 nitrogen and oxygen atoms in total. The van der Waals surface area contributed by atoms with Crippen LogP contribution >= 0.6 is 11.8 Å². The van der Waals surface area contributed by atoms with Crippen molar-refractivity contribution in [2.45, 2.75) is 49.9 Å². The number of hydrogen-bond acceptors (Lipinski definition) is 9. The lowest BCUT2D eigenvalue weighted by Crippen LogP contribution is -2.57. The van der Waals surface area contributed by atoms with Gasteiger partial charge in [0, 0.05) is 6.42 Å². The van der Waals surface area contributed by atoms with Crippen LogP contribution in [0, 0.1) is 0 Å². The number of nitrogens with one attached hydrogen (secondary N) is 3. The molecule has 0 fully saturated rings. The molecule has 0 rings (SSSR count). The van der Waals surface area contributed by atoms with Crippen molar-refractivity contribution in [3.05, 3.63) is 0 Å². The highest BCUT2D eigenvalue weighted by Crippen LogP contribution is 2.05. The Morgan fingerprint density at radius 3 is 1.81 bits per heavy atom. The maximum Gasteiger partial charge on any atom is 0.326 e. The van der Waals surface area contributed by atoms with Gasteiger partial charge in [0.15, 0.2) is 0 Å². The molecule has 0 aliphatic carbocycles. The van der Waals surface area contributed by atoms with Crippen molar-refractivity contribution in [3.8, 4) is 0 Å². The molecule has 0 aliphatic heterocycles. The van der Waals surface area contributed by atoms with E-state index in [1.165, 1.54) is 11.8 Å². The minimum absolute atomic E-state index is 0.0479. The van der Waals surface area contributed by atoms with Crippen LogP contribution in [0.5, 0.6) is 0 Å². The molecule has 0 spiro atoms. The van der Waals surface area contributed by atoms with E-state index in [-0.39, 0.29) is 6.42 Å². The van der Waals surface area contributed by atoms with E-state index in [1.54, 1.807) is 6.26 Å². The molecular weight excluding hydrogens is 452 g/mol. The summed E-state index contributed by atoms with van der Waals surface area (Å²) in [5.74, 6) is -6.86. The Kier molecular flexibility index (Phi) is 13.6. The van der Waals surface area contributed by atoms with Gasteiger partial charge in [-0.25, -0.2) is 4.79 Å². The summed E-state index contributed by atoms with van der Waals surface area (Å²) in [6.07, 6.45) is -0.104. The zero-order valence-electron chi connectivity index (χ0n) is 17.3. The second-order valence-electron chi connectivity index (χ2n) is 6.62. The highest BCUT2D eigenvalue weighted by Gasteiger charge is 2.31. The second kappa shape index (κ2) is 15.0. The van der Waals surface area contributed by atoms with Gasteiger partial charge in [-0.3, -0.25) is 24.0 Å². The predicted molar refractivity (Wildman–Crippen MR) is 111 cm³/mol. The third-order valence-electron chi connectivity index (χ3n) is 4.05. The highest BCUT2D eigenvalue weighted by molar-refractivity contribution is 7.98. The van der Waals surface area contributed by atoms with Crippen LogP contribution in [0.1, 0.15) is 25.7 Å². The fourth-order valence-corrected chi connectivity index (χ4v) is 2.79.